The van der Waals surface area contributed by atoms with Crippen LogP contribution in [0.4, 0.5) is 0 Å². The molecule has 0 fully saturated rings. The summed E-state index contributed by atoms with van der Waals surface area (Å²) in [7, 11) is 0. The van der Waals surface area contributed by atoms with Crippen LogP contribution in [0.2, 0.25) is 0 Å². The number of amidine groups is 1. The predicted octanol–water partition coefficient (Wildman–Crippen LogP) is 0.994. The Bertz CT molecular complexity index is 523. The Morgan fingerprint density at radius 2 is 2.38 bits per heavy atom. The van der Waals surface area contributed by atoms with Crippen LogP contribution in [0.1, 0.15) is 0 Å². The van der Waals surface area contributed by atoms with Crippen LogP contribution in [0.3, 0.4) is 0 Å². The van der Waals surface area contributed by atoms with E-state index in [1.165, 1.54) is 0 Å². The van der Waals surface area contributed by atoms with Gasteiger partial charge in [0.15, 0.2) is 11.6 Å². The summed E-state index contributed by atoms with van der Waals surface area (Å²) in [6.45, 7) is 0.491. The molecule has 0 bridgehead atoms. The van der Waals surface area contributed by atoms with Crippen LogP contribution in [-0.2, 0) is 9.53 Å². The number of allylic oxidation sites excluding steroid dienone is 3. The molecule has 0 saturated carbocycles. The highest BCUT2D eigenvalue weighted by molar-refractivity contribution is 6.05. The number of nitrogens with zero attached hydrogens (tertiary/aromatic N) is 2. The summed E-state index contributed by atoms with van der Waals surface area (Å²) < 4.78 is 5.25. The van der Waals surface area contributed by atoms with Crippen LogP contribution in [0.15, 0.2) is 52.7 Å². The Labute approximate surface area is 91.3 Å². The van der Waals surface area contributed by atoms with Crippen molar-refractivity contribution in [1.29, 1.82) is 0 Å². The Balaban J connectivity index is 2.03. The van der Waals surface area contributed by atoms with Crippen molar-refractivity contribution in [3.63, 3.8) is 0 Å². The molecule has 16 heavy (non-hydrogen) atoms. The van der Waals surface area contributed by atoms with Crippen molar-refractivity contribution in [1.82, 2.24) is 4.90 Å². The maximum atomic E-state index is 10.8. The second-order valence-corrected chi connectivity index (χ2v) is 3.48. The lowest BCUT2D eigenvalue weighted by molar-refractivity contribution is -0.132. The second-order valence-electron chi connectivity index (χ2n) is 3.48. The largest absolute Gasteiger partial charge is 0.477 e. The Hall–Kier alpha value is -2.30. The first kappa shape index (κ1) is 8.96. The SMILES string of the molecule is O=C(O)C1=CCN2/C=C\C=C/C3=C(O3)C2=N1. The highest BCUT2D eigenvalue weighted by Crippen LogP contribution is 2.32. The number of hydrogen-bond acceptors (Lipinski definition) is 4. The van der Waals surface area contributed by atoms with Crippen LogP contribution in [0.5, 0.6) is 0 Å². The fraction of sp³-hybridized carbons (Fsp3) is 0.0909. The summed E-state index contributed by atoms with van der Waals surface area (Å²) in [6, 6.07) is 0. The lowest BCUT2D eigenvalue weighted by atomic mass is 10.2. The normalized spacial score (nSPS) is 25.1. The van der Waals surface area contributed by atoms with Gasteiger partial charge in [0.05, 0.1) is 0 Å². The number of rotatable bonds is 1. The van der Waals surface area contributed by atoms with Gasteiger partial charge in [-0.05, 0) is 18.2 Å². The molecule has 0 spiro atoms. The molecule has 0 aromatic carbocycles. The van der Waals surface area contributed by atoms with Gasteiger partial charge in [-0.15, -0.1) is 0 Å². The van der Waals surface area contributed by atoms with Crippen LogP contribution < -0.4 is 0 Å². The van der Waals surface area contributed by atoms with E-state index in [4.69, 9.17) is 9.84 Å². The summed E-state index contributed by atoms with van der Waals surface area (Å²) in [4.78, 5) is 16.7. The number of hydrogen-bond donors (Lipinski definition) is 1. The van der Waals surface area contributed by atoms with E-state index in [9.17, 15) is 4.79 Å². The van der Waals surface area contributed by atoms with Crippen molar-refractivity contribution in [2.75, 3.05) is 6.54 Å². The number of carbonyl (C=O) groups is 1. The maximum Gasteiger partial charge on any atom is 0.354 e. The molecule has 3 aliphatic heterocycles. The number of aliphatic carboxylic acids is 1. The first-order chi connectivity index (χ1) is 7.75. The molecule has 3 heterocycles. The molecule has 0 saturated heterocycles. The first-order valence-corrected chi connectivity index (χ1v) is 4.82. The molecule has 0 unspecified atom stereocenters. The Morgan fingerprint density at radius 1 is 1.50 bits per heavy atom. The molecule has 5 heteroatoms. The number of ether oxygens (including phenoxy) is 1. The van der Waals surface area contributed by atoms with Gasteiger partial charge in [-0.25, -0.2) is 9.79 Å². The van der Waals surface area contributed by atoms with Crippen molar-refractivity contribution < 1.29 is 14.6 Å². The van der Waals surface area contributed by atoms with Crippen molar-refractivity contribution >= 4 is 11.8 Å². The quantitative estimate of drug-likeness (QED) is 0.710. The van der Waals surface area contributed by atoms with Gasteiger partial charge in [0.1, 0.15) is 5.70 Å². The first-order valence-electron chi connectivity index (χ1n) is 4.82. The van der Waals surface area contributed by atoms with E-state index in [0.29, 0.717) is 18.1 Å². The molecule has 0 aromatic heterocycles. The molecule has 80 valence electrons. The molecule has 0 atom stereocenters. The van der Waals surface area contributed by atoms with Crippen LogP contribution in [-0.4, -0.2) is 28.4 Å². The summed E-state index contributed by atoms with van der Waals surface area (Å²) >= 11 is 0. The molecule has 0 aliphatic carbocycles. The number of carboxylic acids is 1. The Morgan fingerprint density at radius 3 is 3.19 bits per heavy atom. The lowest BCUT2D eigenvalue weighted by Gasteiger charge is -2.21. The third-order valence-corrected chi connectivity index (χ3v) is 2.42. The van der Waals surface area contributed by atoms with Gasteiger partial charge >= 0.3 is 5.97 Å². The van der Waals surface area contributed by atoms with Crippen LogP contribution in [0, 0.1) is 0 Å². The predicted molar refractivity (Wildman–Crippen MR) is 56.3 cm³/mol. The zero-order chi connectivity index (χ0) is 11.1. The topological polar surface area (TPSA) is 65.4 Å². The second kappa shape index (κ2) is 3.10. The van der Waals surface area contributed by atoms with E-state index >= 15 is 0 Å². The molecule has 1 N–H and O–H groups in total. The van der Waals surface area contributed by atoms with Crippen LogP contribution in [0.25, 0.3) is 0 Å². The molecule has 5 nitrogen and oxygen atoms in total. The number of carboxylic acid groups (broad SMARTS) is 1. The number of fused-ring (bicyclic) bond motifs is 2. The van der Waals surface area contributed by atoms with Gasteiger partial charge in [-0.2, -0.15) is 0 Å². The Kier molecular flexibility index (Phi) is 1.73. The van der Waals surface area contributed by atoms with Gasteiger partial charge < -0.3 is 14.7 Å². The number of aliphatic imine (C=N–C) groups is 1. The monoisotopic (exact) mass is 216 g/mol. The summed E-state index contributed by atoms with van der Waals surface area (Å²) in [6.07, 6.45) is 8.97. The average Bonchev–Trinajstić information content (AvgIpc) is 2.99. The summed E-state index contributed by atoms with van der Waals surface area (Å²) in [5.41, 5.74) is 0.0616. The van der Waals surface area contributed by atoms with Crippen molar-refractivity contribution in [2.45, 2.75) is 0 Å². The summed E-state index contributed by atoms with van der Waals surface area (Å²) in [5, 5.41) is 8.87. The van der Waals surface area contributed by atoms with Crippen LogP contribution >= 0.6 is 0 Å². The smallest absolute Gasteiger partial charge is 0.354 e. The third-order valence-electron chi connectivity index (χ3n) is 2.42. The van der Waals surface area contributed by atoms with E-state index in [1.807, 2.05) is 29.3 Å². The van der Waals surface area contributed by atoms with Gasteiger partial charge in [-0.1, -0.05) is 6.08 Å². The van der Waals surface area contributed by atoms with E-state index in [-0.39, 0.29) is 5.70 Å². The fourth-order valence-electron chi connectivity index (χ4n) is 1.59. The van der Waals surface area contributed by atoms with E-state index < -0.39 is 5.97 Å². The zero-order valence-corrected chi connectivity index (χ0v) is 8.25. The minimum absolute atomic E-state index is 0.0616. The summed E-state index contributed by atoms with van der Waals surface area (Å²) in [5.74, 6) is 0.958. The molecule has 0 aromatic rings. The zero-order valence-electron chi connectivity index (χ0n) is 8.25. The molecular formula is C11H8N2O3. The molecule has 3 aliphatic rings. The fourth-order valence-corrected chi connectivity index (χ4v) is 1.59. The maximum absolute atomic E-state index is 10.8. The molecule has 3 rings (SSSR count). The highest BCUT2D eigenvalue weighted by Gasteiger charge is 2.34. The average molecular weight is 216 g/mol. The van der Waals surface area contributed by atoms with Gasteiger partial charge in [0.2, 0.25) is 5.76 Å². The van der Waals surface area contributed by atoms with Gasteiger partial charge in [-0.3, -0.25) is 0 Å². The third kappa shape index (κ3) is 1.33. The minimum Gasteiger partial charge on any atom is -0.477 e. The molecule has 0 radical (unpaired) electrons. The molecular weight excluding hydrogens is 208 g/mol. The standard InChI is InChI=1S/C11H8N2O3/c14-11(15)7-4-6-13-5-2-1-3-8-9(16-8)10(13)12-7/h1-5H,6H2,(H,14,15)/b3-1-,5-2-. The highest BCUT2D eigenvalue weighted by atomic mass is 16.6. The van der Waals surface area contributed by atoms with Crippen molar-refractivity contribution in [3.05, 3.63) is 47.7 Å². The van der Waals surface area contributed by atoms with E-state index in [1.54, 1.807) is 6.08 Å². The van der Waals surface area contributed by atoms with Gasteiger partial charge in [0, 0.05) is 12.7 Å². The molecule has 0 amide bonds. The van der Waals surface area contributed by atoms with Gasteiger partial charge in [0.25, 0.3) is 0 Å². The van der Waals surface area contributed by atoms with E-state index in [0.717, 1.165) is 5.76 Å². The van der Waals surface area contributed by atoms with Crippen molar-refractivity contribution in [3.8, 4) is 0 Å². The minimum atomic E-state index is -1.02. The lowest BCUT2D eigenvalue weighted by Crippen LogP contribution is -2.29. The van der Waals surface area contributed by atoms with E-state index in [2.05, 4.69) is 4.99 Å². The van der Waals surface area contributed by atoms with Crippen molar-refractivity contribution in [2.24, 2.45) is 4.99 Å².